The highest BCUT2D eigenvalue weighted by Crippen LogP contribution is 2.05. The summed E-state index contributed by atoms with van der Waals surface area (Å²) in [6, 6.07) is -5.31. The van der Waals surface area contributed by atoms with Crippen molar-refractivity contribution in [2.45, 2.75) is 56.5 Å². The number of primary amides is 1. The molecule has 1 aromatic rings. The largest absolute Gasteiger partial charge is 0.480 e. The zero-order valence-electron chi connectivity index (χ0n) is 18.8. The van der Waals surface area contributed by atoms with E-state index in [9.17, 15) is 34.2 Å². The number of aromatic nitrogens is 2. The summed E-state index contributed by atoms with van der Waals surface area (Å²) in [6.07, 6.45) is 2.80. The first-order valence-corrected chi connectivity index (χ1v) is 11.7. The zero-order valence-corrected chi connectivity index (χ0v) is 19.6. The highest BCUT2D eigenvalue weighted by molar-refractivity contribution is 7.98. The molecule has 1 rings (SSSR count). The van der Waals surface area contributed by atoms with Gasteiger partial charge in [-0.05, 0) is 25.4 Å². The van der Waals surface area contributed by atoms with Gasteiger partial charge in [-0.3, -0.25) is 19.2 Å². The SMILES string of the molecule is CSCCC(NC(=O)C(Cc1cnc[nH]1)NC(=O)C(NC(=O)C(N)CC(N)=O)C(C)O)C(=O)O. The predicted octanol–water partition coefficient (Wildman–Crippen LogP) is -3.17. The number of H-pyrrole nitrogens is 1. The van der Waals surface area contributed by atoms with Gasteiger partial charge in [0, 0.05) is 18.3 Å². The van der Waals surface area contributed by atoms with Crippen molar-refractivity contribution >= 4 is 41.4 Å². The molecule has 0 spiro atoms. The second kappa shape index (κ2) is 14.2. The molecule has 0 saturated heterocycles. The second-order valence-electron chi connectivity index (χ2n) is 7.53. The lowest BCUT2D eigenvalue weighted by molar-refractivity contribution is -0.142. The van der Waals surface area contributed by atoms with Crippen LogP contribution in [0.5, 0.6) is 0 Å². The topological polar surface area (TPSA) is 243 Å². The van der Waals surface area contributed by atoms with Crippen molar-refractivity contribution in [2.24, 2.45) is 11.5 Å². The first kappa shape index (κ1) is 28.9. The maximum absolute atomic E-state index is 12.9. The van der Waals surface area contributed by atoms with Crippen LogP contribution in [0.2, 0.25) is 0 Å². The molecule has 15 heteroatoms. The first-order valence-electron chi connectivity index (χ1n) is 10.3. The lowest BCUT2D eigenvalue weighted by Crippen LogP contribution is -2.60. The van der Waals surface area contributed by atoms with Crippen LogP contribution < -0.4 is 27.4 Å². The number of carboxylic acids is 1. The molecular weight excluding hydrogens is 470 g/mol. The van der Waals surface area contributed by atoms with E-state index in [0.29, 0.717) is 11.4 Å². The molecule has 0 bridgehead atoms. The van der Waals surface area contributed by atoms with E-state index in [0.717, 1.165) is 0 Å². The number of nitrogens with one attached hydrogen (secondary N) is 4. The van der Waals surface area contributed by atoms with Crippen LogP contribution in [0.4, 0.5) is 0 Å². The molecule has 0 aliphatic rings. The van der Waals surface area contributed by atoms with Crippen molar-refractivity contribution in [3.05, 3.63) is 18.2 Å². The minimum atomic E-state index is -1.52. The molecule has 0 aliphatic carbocycles. The van der Waals surface area contributed by atoms with Gasteiger partial charge < -0.3 is 42.6 Å². The number of amides is 4. The molecule has 34 heavy (non-hydrogen) atoms. The van der Waals surface area contributed by atoms with Gasteiger partial charge in [0.25, 0.3) is 0 Å². The summed E-state index contributed by atoms with van der Waals surface area (Å²) in [7, 11) is 0. The Kier molecular flexibility index (Phi) is 12.0. The lowest BCUT2D eigenvalue weighted by Gasteiger charge is -2.26. The van der Waals surface area contributed by atoms with Gasteiger partial charge in [0.05, 0.1) is 24.9 Å². The number of aliphatic hydroxyl groups excluding tert-OH is 1. The molecule has 0 radical (unpaired) electrons. The summed E-state index contributed by atoms with van der Waals surface area (Å²) >= 11 is 1.41. The molecule has 1 heterocycles. The van der Waals surface area contributed by atoms with E-state index in [4.69, 9.17) is 11.5 Å². The van der Waals surface area contributed by atoms with Gasteiger partial charge in [-0.2, -0.15) is 11.8 Å². The number of imidazole rings is 1. The summed E-state index contributed by atoms with van der Waals surface area (Å²) < 4.78 is 0. The summed E-state index contributed by atoms with van der Waals surface area (Å²) in [6.45, 7) is 1.23. The Balaban J connectivity index is 3.01. The zero-order chi connectivity index (χ0) is 25.8. The fourth-order valence-corrected chi connectivity index (χ4v) is 3.30. The highest BCUT2D eigenvalue weighted by Gasteiger charge is 2.33. The van der Waals surface area contributed by atoms with Crippen molar-refractivity contribution in [3.8, 4) is 0 Å². The summed E-state index contributed by atoms with van der Waals surface area (Å²) in [5, 5.41) is 26.4. The third-order valence-electron chi connectivity index (χ3n) is 4.66. The van der Waals surface area contributed by atoms with Crippen molar-refractivity contribution in [3.63, 3.8) is 0 Å². The minimum absolute atomic E-state index is 0.0753. The fourth-order valence-electron chi connectivity index (χ4n) is 2.83. The van der Waals surface area contributed by atoms with Crippen molar-refractivity contribution in [1.29, 1.82) is 0 Å². The Morgan fingerprint density at radius 3 is 2.26 bits per heavy atom. The van der Waals surface area contributed by atoms with Crippen LogP contribution in [0, 0.1) is 0 Å². The summed E-state index contributed by atoms with van der Waals surface area (Å²) in [5.41, 5.74) is 11.1. The van der Waals surface area contributed by atoms with Crippen LogP contribution in [-0.4, -0.2) is 92.1 Å². The number of hydrogen-bond acceptors (Lipinski definition) is 9. The Morgan fingerprint density at radius 1 is 1.12 bits per heavy atom. The number of carbonyl (C=O) groups is 5. The van der Waals surface area contributed by atoms with E-state index < -0.39 is 66.3 Å². The third kappa shape index (κ3) is 9.76. The van der Waals surface area contributed by atoms with Crippen LogP contribution in [-0.2, 0) is 30.4 Å². The number of nitrogens with zero attached hydrogens (tertiary/aromatic N) is 1. The lowest BCUT2D eigenvalue weighted by atomic mass is 10.1. The monoisotopic (exact) mass is 501 g/mol. The van der Waals surface area contributed by atoms with E-state index in [2.05, 4.69) is 25.9 Å². The molecule has 0 saturated carbocycles. The van der Waals surface area contributed by atoms with Crippen LogP contribution >= 0.6 is 11.8 Å². The van der Waals surface area contributed by atoms with Gasteiger partial charge in [-0.1, -0.05) is 0 Å². The number of carbonyl (C=O) groups excluding carboxylic acids is 4. The average molecular weight is 502 g/mol. The summed E-state index contributed by atoms with van der Waals surface area (Å²) in [5.74, 6) is -4.19. The Bertz CT molecular complexity index is 850. The van der Waals surface area contributed by atoms with E-state index in [1.165, 1.54) is 31.2 Å². The molecule has 14 nitrogen and oxygen atoms in total. The van der Waals surface area contributed by atoms with E-state index in [1.54, 1.807) is 6.26 Å². The smallest absolute Gasteiger partial charge is 0.326 e. The van der Waals surface area contributed by atoms with Crippen molar-refractivity contribution in [2.75, 3.05) is 12.0 Å². The van der Waals surface area contributed by atoms with Crippen LogP contribution in [0.3, 0.4) is 0 Å². The third-order valence-corrected chi connectivity index (χ3v) is 5.30. The molecule has 5 unspecified atom stereocenters. The molecule has 1 aromatic heterocycles. The minimum Gasteiger partial charge on any atom is -0.480 e. The Hall–Kier alpha value is -3.17. The van der Waals surface area contributed by atoms with Gasteiger partial charge in [-0.15, -0.1) is 0 Å². The first-order chi connectivity index (χ1) is 16.0. The average Bonchev–Trinajstić information content (AvgIpc) is 3.26. The maximum atomic E-state index is 12.9. The highest BCUT2D eigenvalue weighted by atomic mass is 32.2. The molecule has 190 valence electrons. The van der Waals surface area contributed by atoms with Gasteiger partial charge in [-0.25, -0.2) is 9.78 Å². The summed E-state index contributed by atoms with van der Waals surface area (Å²) in [4.78, 5) is 67.0. The van der Waals surface area contributed by atoms with Gasteiger partial charge in [0.2, 0.25) is 23.6 Å². The number of aromatic amines is 1. The molecule has 5 atom stereocenters. The molecular formula is C19H31N7O7S. The second-order valence-corrected chi connectivity index (χ2v) is 8.51. The fraction of sp³-hybridized carbons (Fsp3) is 0.579. The van der Waals surface area contributed by atoms with E-state index in [1.807, 2.05) is 0 Å². The molecule has 0 aromatic carbocycles. The molecule has 0 aliphatic heterocycles. The number of rotatable bonds is 15. The van der Waals surface area contributed by atoms with Crippen LogP contribution in [0.1, 0.15) is 25.5 Å². The van der Waals surface area contributed by atoms with Crippen LogP contribution in [0.25, 0.3) is 0 Å². The molecule has 0 fully saturated rings. The van der Waals surface area contributed by atoms with Gasteiger partial charge >= 0.3 is 5.97 Å². The quantitative estimate of drug-likeness (QED) is 0.120. The van der Waals surface area contributed by atoms with Gasteiger partial charge in [0.1, 0.15) is 18.1 Å². The standard InChI is InChI=1S/C19H31N7O7S/c1-9(27)15(26-16(29)11(20)6-14(21)28)18(31)25-13(5-10-7-22-8-23-10)17(30)24-12(19(32)33)3-4-34-2/h7-9,11-13,15,27H,3-6,20H2,1-2H3,(H2,21,28)(H,22,23)(H,24,30)(H,25,31)(H,26,29)(H,32,33). The number of thioether (sulfide) groups is 1. The predicted molar refractivity (Wildman–Crippen MR) is 122 cm³/mol. The maximum Gasteiger partial charge on any atom is 0.326 e. The van der Waals surface area contributed by atoms with E-state index >= 15 is 0 Å². The van der Waals surface area contributed by atoms with E-state index in [-0.39, 0.29) is 12.8 Å². The van der Waals surface area contributed by atoms with Crippen LogP contribution in [0.15, 0.2) is 12.5 Å². The molecule has 4 amide bonds. The normalized spacial score (nSPS) is 15.3. The molecule has 10 N–H and O–H groups in total. The Labute approximate surface area is 200 Å². The number of nitrogens with two attached hydrogens (primary N) is 2. The number of hydrogen-bond donors (Lipinski definition) is 8. The van der Waals surface area contributed by atoms with Crippen molar-refractivity contribution in [1.82, 2.24) is 25.9 Å². The Morgan fingerprint density at radius 2 is 1.76 bits per heavy atom. The number of aliphatic carboxylic acids is 1. The van der Waals surface area contributed by atoms with Gasteiger partial charge in [0.15, 0.2) is 0 Å². The number of aliphatic hydroxyl groups is 1. The number of carboxylic acid groups (broad SMARTS) is 1. The van der Waals surface area contributed by atoms with Crippen molar-refractivity contribution < 1.29 is 34.2 Å².